The molecule has 2 amide bonds. The van der Waals surface area contributed by atoms with Gasteiger partial charge in [0.2, 0.25) is 0 Å². The number of nitrogens with one attached hydrogen (secondary N) is 2. The smallest absolute Gasteiger partial charge is 0.329 e. The van der Waals surface area contributed by atoms with Crippen LogP contribution in [-0.4, -0.2) is 45.2 Å². The summed E-state index contributed by atoms with van der Waals surface area (Å²) in [6, 6.07) is 18.1. The highest BCUT2D eigenvalue weighted by Gasteiger charge is 2.36. The maximum Gasteiger partial charge on any atom is 0.329 e. The molecule has 39 heavy (non-hydrogen) atoms. The summed E-state index contributed by atoms with van der Waals surface area (Å²) in [7, 11) is 0. The molecule has 1 saturated heterocycles. The predicted molar refractivity (Wildman–Crippen MR) is 149 cm³/mol. The van der Waals surface area contributed by atoms with Crippen LogP contribution in [0.5, 0.6) is 0 Å². The fourth-order valence-electron chi connectivity index (χ4n) is 4.62. The number of aromatic nitrogens is 2. The number of ether oxygens (including phenoxy) is 1. The zero-order chi connectivity index (χ0) is 27.5. The first-order chi connectivity index (χ1) is 18.8. The lowest BCUT2D eigenvalue weighted by molar-refractivity contribution is -0.149. The van der Waals surface area contributed by atoms with Gasteiger partial charge in [0.05, 0.1) is 27.7 Å². The summed E-state index contributed by atoms with van der Waals surface area (Å²) in [5.74, 6) is -0.609. The molecule has 1 aliphatic heterocycles. The molecule has 1 fully saturated rings. The van der Waals surface area contributed by atoms with Crippen molar-refractivity contribution in [2.45, 2.75) is 38.5 Å². The van der Waals surface area contributed by atoms with Crippen LogP contribution >= 0.6 is 23.2 Å². The molecule has 10 heteroatoms. The lowest BCUT2D eigenvalue weighted by Crippen LogP contribution is -2.41. The molecule has 0 saturated carbocycles. The van der Waals surface area contributed by atoms with Crippen molar-refractivity contribution in [2.75, 3.05) is 6.54 Å². The number of likely N-dealkylation sites (tertiary alicyclic amines) is 1. The Hall–Kier alpha value is -3.88. The quantitative estimate of drug-likeness (QED) is 0.280. The monoisotopic (exact) mass is 564 g/mol. The fourth-order valence-corrected chi connectivity index (χ4v) is 5.05. The highest BCUT2D eigenvalue weighted by molar-refractivity contribution is 6.34. The minimum absolute atomic E-state index is 0.127. The average molecular weight is 565 g/mol. The van der Waals surface area contributed by atoms with Crippen molar-refractivity contribution in [3.8, 4) is 0 Å². The second-order valence-electron chi connectivity index (χ2n) is 9.42. The Kier molecular flexibility index (Phi) is 7.86. The lowest BCUT2D eigenvalue weighted by Gasteiger charge is -2.24. The molecule has 2 heterocycles. The van der Waals surface area contributed by atoms with Gasteiger partial charge in [-0.3, -0.25) is 9.59 Å². The van der Waals surface area contributed by atoms with E-state index < -0.39 is 18.1 Å². The number of H-pyrrole nitrogens is 1. The van der Waals surface area contributed by atoms with Crippen LogP contribution in [0.3, 0.4) is 0 Å². The normalized spacial score (nSPS) is 15.8. The van der Waals surface area contributed by atoms with E-state index >= 15 is 0 Å². The second-order valence-corrected chi connectivity index (χ2v) is 10.3. The summed E-state index contributed by atoms with van der Waals surface area (Å²) in [6.07, 6.45) is 1.20. The van der Waals surface area contributed by atoms with E-state index in [0.29, 0.717) is 35.8 Å². The van der Waals surface area contributed by atoms with Crippen molar-refractivity contribution in [3.63, 3.8) is 0 Å². The van der Waals surface area contributed by atoms with E-state index in [1.54, 1.807) is 31.2 Å². The van der Waals surface area contributed by atoms with Gasteiger partial charge >= 0.3 is 5.97 Å². The highest BCUT2D eigenvalue weighted by Crippen LogP contribution is 2.26. The fraction of sp³-hybridized carbons (Fsp3) is 0.241. The van der Waals surface area contributed by atoms with Gasteiger partial charge in [-0.15, -0.1) is 0 Å². The van der Waals surface area contributed by atoms with Crippen LogP contribution in [0.15, 0.2) is 66.7 Å². The summed E-state index contributed by atoms with van der Waals surface area (Å²) >= 11 is 12.5. The van der Waals surface area contributed by atoms with Crippen LogP contribution in [-0.2, 0) is 16.1 Å². The number of aromatic amines is 1. The van der Waals surface area contributed by atoms with Gasteiger partial charge < -0.3 is 19.9 Å². The number of carbonyl (C=O) groups is 3. The maximum absolute atomic E-state index is 13.3. The summed E-state index contributed by atoms with van der Waals surface area (Å²) in [6.45, 7) is 2.37. The Morgan fingerprint density at radius 1 is 1.10 bits per heavy atom. The molecule has 0 radical (unpaired) electrons. The third-order valence-corrected chi connectivity index (χ3v) is 7.24. The molecule has 8 nitrogen and oxygen atoms in total. The van der Waals surface area contributed by atoms with Crippen LogP contribution in [0.2, 0.25) is 10.0 Å². The molecule has 0 spiro atoms. The first kappa shape index (κ1) is 26.7. The summed E-state index contributed by atoms with van der Waals surface area (Å²) < 4.78 is 5.47. The van der Waals surface area contributed by atoms with Crippen molar-refractivity contribution in [1.82, 2.24) is 20.2 Å². The molecule has 2 atom stereocenters. The van der Waals surface area contributed by atoms with Gasteiger partial charge in [0.25, 0.3) is 11.8 Å². The zero-order valence-corrected chi connectivity index (χ0v) is 22.6. The Labute approximate surface area is 235 Å². The third-order valence-electron chi connectivity index (χ3n) is 6.69. The Morgan fingerprint density at radius 2 is 1.90 bits per heavy atom. The summed E-state index contributed by atoms with van der Waals surface area (Å²) in [5, 5.41) is 3.60. The SMILES string of the molecule is CC(NC(=O)c1ccc(C(=O)N2CCCC2C(=O)OCc2ccccc2)c(Cl)c1)c1nc2ccc(Cl)cc2[nH]1. The number of fused-ring (bicyclic) bond motifs is 1. The van der Waals surface area contributed by atoms with E-state index in [-0.39, 0.29) is 29.0 Å². The molecule has 2 N–H and O–H groups in total. The summed E-state index contributed by atoms with van der Waals surface area (Å²) in [5.41, 5.74) is 2.90. The van der Waals surface area contributed by atoms with Crippen molar-refractivity contribution >= 4 is 52.0 Å². The number of rotatable bonds is 7. The molecule has 3 aromatic carbocycles. The number of carbonyl (C=O) groups excluding carboxylic acids is 3. The van der Waals surface area contributed by atoms with Crippen LogP contribution < -0.4 is 5.32 Å². The van der Waals surface area contributed by atoms with Crippen LogP contribution in [0.25, 0.3) is 11.0 Å². The van der Waals surface area contributed by atoms with Crippen LogP contribution in [0.4, 0.5) is 0 Å². The van der Waals surface area contributed by atoms with E-state index in [9.17, 15) is 14.4 Å². The van der Waals surface area contributed by atoms with E-state index in [0.717, 1.165) is 16.6 Å². The van der Waals surface area contributed by atoms with Gasteiger partial charge in [-0.1, -0.05) is 53.5 Å². The molecular weight excluding hydrogens is 539 g/mol. The van der Waals surface area contributed by atoms with Crippen molar-refractivity contribution in [3.05, 3.63) is 99.3 Å². The minimum atomic E-state index is -0.681. The number of hydrogen-bond acceptors (Lipinski definition) is 5. The standard InChI is InChI=1S/C29H26Cl2N4O4/c1-17(26-33-23-12-10-20(30)15-24(23)34-26)32-27(36)19-9-11-21(22(31)14-19)28(37)35-13-5-8-25(35)29(38)39-16-18-6-3-2-4-7-18/h2-4,6-7,9-12,14-15,17,25H,5,8,13,16H2,1H3,(H,32,36)(H,33,34). The van der Waals surface area contributed by atoms with Crippen molar-refractivity contribution < 1.29 is 19.1 Å². The Morgan fingerprint density at radius 3 is 2.67 bits per heavy atom. The molecule has 200 valence electrons. The van der Waals surface area contributed by atoms with Crippen molar-refractivity contribution in [2.24, 2.45) is 0 Å². The third kappa shape index (κ3) is 5.92. The summed E-state index contributed by atoms with van der Waals surface area (Å²) in [4.78, 5) is 48.2. The predicted octanol–water partition coefficient (Wildman–Crippen LogP) is 5.71. The number of amides is 2. The minimum Gasteiger partial charge on any atom is -0.459 e. The molecule has 1 aromatic heterocycles. The van der Waals surface area contributed by atoms with Gasteiger partial charge in [0, 0.05) is 17.1 Å². The highest BCUT2D eigenvalue weighted by atomic mass is 35.5. The van der Waals surface area contributed by atoms with E-state index in [1.165, 1.54) is 17.0 Å². The zero-order valence-electron chi connectivity index (χ0n) is 21.1. The number of halogens is 2. The van der Waals surface area contributed by atoms with Gasteiger partial charge in [0.15, 0.2) is 0 Å². The van der Waals surface area contributed by atoms with Crippen LogP contribution in [0.1, 0.15) is 57.9 Å². The van der Waals surface area contributed by atoms with Crippen LogP contribution in [0, 0.1) is 0 Å². The van der Waals surface area contributed by atoms with Gasteiger partial charge in [-0.2, -0.15) is 0 Å². The number of hydrogen-bond donors (Lipinski definition) is 2. The lowest BCUT2D eigenvalue weighted by atomic mass is 10.1. The first-order valence-corrected chi connectivity index (χ1v) is 13.3. The van der Waals surface area contributed by atoms with Gasteiger partial charge in [-0.25, -0.2) is 9.78 Å². The molecule has 0 bridgehead atoms. The van der Waals surface area contributed by atoms with Gasteiger partial charge in [-0.05, 0) is 61.7 Å². The largest absolute Gasteiger partial charge is 0.459 e. The molecule has 2 unspecified atom stereocenters. The van der Waals surface area contributed by atoms with E-state index in [1.807, 2.05) is 30.3 Å². The average Bonchev–Trinajstić information content (AvgIpc) is 3.59. The number of imidazole rings is 1. The topological polar surface area (TPSA) is 104 Å². The molecule has 1 aliphatic rings. The Bertz CT molecular complexity index is 1540. The number of benzene rings is 3. The first-order valence-electron chi connectivity index (χ1n) is 12.6. The van der Waals surface area contributed by atoms with Crippen molar-refractivity contribution in [1.29, 1.82) is 0 Å². The Balaban J connectivity index is 1.24. The molecule has 5 rings (SSSR count). The maximum atomic E-state index is 13.3. The van der Waals surface area contributed by atoms with Gasteiger partial charge in [0.1, 0.15) is 18.5 Å². The number of nitrogens with zero attached hydrogens (tertiary/aromatic N) is 2. The molecule has 0 aliphatic carbocycles. The number of esters is 1. The molecule has 4 aromatic rings. The molecular formula is C29H26Cl2N4O4. The van der Waals surface area contributed by atoms with E-state index in [2.05, 4.69) is 15.3 Å². The van der Waals surface area contributed by atoms with E-state index in [4.69, 9.17) is 27.9 Å². The second kappa shape index (κ2) is 11.5.